The van der Waals surface area contributed by atoms with E-state index >= 15 is 0 Å². The van der Waals surface area contributed by atoms with Crippen molar-refractivity contribution in [1.82, 2.24) is 10.2 Å². The third-order valence-corrected chi connectivity index (χ3v) is 7.07. The number of rotatable bonds is 8. The maximum atomic E-state index is 13.5. The van der Waals surface area contributed by atoms with Crippen molar-refractivity contribution in [2.75, 3.05) is 6.54 Å². The summed E-state index contributed by atoms with van der Waals surface area (Å²) in [5.41, 5.74) is 7.01. The van der Waals surface area contributed by atoms with Crippen LogP contribution in [-0.4, -0.2) is 23.5 Å². The van der Waals surface area contributed by atoms with Crippen molar-refractivity contribution < 1.29 is 13.9 Å². The Balaban J connectivity index is 1.35. The van der Waals surface area contributed by atoms with Crippen LogP contribution in [0.1, 0.15) is 46.3 Å². The molecule has 5 rings (SSSR count). The van der Waals surface area contributed by atoms with E-state index in [4.69, 9.17) is 4.74 Å². The number of hydrogen-bond donors (Lipinski definition) is 1. The van der Waals surface area contributed by atoms with E-state index in [9.17, 15) is 9.18 Å². The molecule has 4 aromatic carbocycles. The lowest BCUT2D eigenvalue weighted by Crippen LogP contribution is -2.37. The number of nitrogens with zero attached hydrogens (tertiary/aromatic N) is 1. The molecule has 38 heavy (non-hydrogen) atoms. The lowest BCUT2D eigenvalue weighted by molar-refractivity contribution is -0.127. The number of aryl methyl sites for hydroxylation is 1. The van der Waals surface area contributed by atoms with Crippen LogP contribution in [0.3, 0.4) is 0 Å². The second-order valence-corrected chi connectivity index (χ2v) is 9.99. The van der Waals surface area contributed by atoms with Gasteiger partial charge in [-0.2, -0.15) is 0 Å². The number of carbonyl (C=O) groups is 1. The van der Waals surface area contributed by atoms with Crippen LogP contribution < -0.4 is 10.1 Å². The Hall–Kier alpha value is -3.96. The van der Waals surface area contributed by atoms with E-state index in [2.05, 4.69) is 77.8 Å². The number of carbonyl (C=O) groups excluding carboxylic acids is 1. The molecule has 4 aromatic rings. The van der Waals surface area contributed by atoms with Crippen LogP contribution in [0.15, 0.2) is 97.1 Å². The van der Waals surface area contributed by atoms with Gasteiger partial charge in [-0.15, -0.1) is 0 Å². The van der Waals surface area contributed by atoms with Crippen molar-refractivity contribution in [3.8, 4) is 5.75 Å². The molecule has 1 aliphatic rings. The van der Waals surface area contributed by atoms with Crippen molar-refractivity contribution in [2.45, 2.75) is 45.5 Å². The lowest BCUT2D eigenvalue weighted by Gasteiger charge is -2.38. The molecule has 2 atom stereocenters. The first kappa shape index (κ1) is 25.7. The second kappa shape index (κ2) is 11.6. The van der Waals surface area contributed by atoms with Gasteiger partial charge in [0.25, 0.3) is 5.91 Å². The quantitative estimate of drug-likeness (QED) is 0.301. The van der Waals surface area contributed by atoms with Gasteiger partial charge in [0.1, 0.15) is 11.6 Å². The molecule has 0 saturated carbocycles. The Morgan fingerprint density at radius 2 is 1.76 bits per heavy atom. The van der Waals surface area contributed by atoms with E-state index in [1.807, 2.05) is 12.1 Å². The standard InChI is InChI=1S/C33H33FN2O2/c1-23-8-6-10-26(18-23)22-36-17-16-27-14-15-30(20-31(27)32(36)28-11-4-3-5-12-28)38-24(2)33(37)35-21-25-9-7-13-29(34)19-25/h3-15,18-20,24,32H,16-17,21-22H2,1-2H3,(H,35,37)/t24-,32+/m0/s1. The van der Waals surface area contributed by atoms with Crippen molar-refractivity contribution in [1.29, 1.82) is 0 Å². The van der Waals surface area contributed by atoms with Crippen molar-refractivity contribution in [2.24, 2.45) is 0 Å². The summed E-state index contributed by atoms with van der Waals surface area (Å²) in [6, 6.07) is 31.7. The summed E-state index contributed by atoms with van der Waals surface area (Å²) >= 11 is 0. The molecule has 0 bridgehead atoms. The van der Waals surface area contributed by atoms with Gasteiger partial charge in [-0.25, -0.2) is 4.39 Å². The lowest BCUT2D eigenvalue weighted by atomic mass is 9.87. The Labute approximate surface area is 224 Å². The molecular weight excluding hydrogens is 475 g/mol. The van der Waals surface area contributed by atoms with Crippen LogP contribution in [0.2, 0.25) is 0 Å². The van der Waals surface area contributed by atoms with Crippen molar-refractivity contribution in [3.63, 3.8) is 0 Å². The van der Waals surface area contributed by atoms with Gasteiger partial charge >= 0.3 is 0 Å². The Morgan fingerprint density at radius 3 is 2.55 bits per heavy atom. The number of fused-ring (bicyclic) bond motifs is 1. The highest BCUT2D eigenvalue weighted by Gasteiger charge is 2.29. The molecule has 0 aliphatic carbocycles. The number of nitrogens with one attached hydrogen (secondary N) is 1. The zero-order valence-electron chi connectivity index (χ0n) is 21.9. The summed E-state index contributed by atoms with van der Waals surface area (Å²) < 4.78 is 19.6. The average molecular weight is 509 g/mol. The van der Waals surface area contributed by atoms with Crippen LogP contribution in [0.25, 0.3) is 0 Å². The molecule has 0 aromatic heterocycles. The first-order chi connectivity index (χ1) is 18.5. The summed E-state index contributed by atoms with van der Waals surface area (Å²) in [5.74, 6) is 0.0997. The molecule has 5 heteroatoms. The number of benzene rings is 4. The minimum absolute atomic E-state index is 0.0844. The first-order valence-corrected chi connectivity index (χ1v) is 13.1. The van der Waals surface area contributed by atoms with E-state index in [1.54, 1.807) is 19.1 Å². The van der Waals surface area contributed by atoms with Crippen LogP contribution in [-0.2, 0) is 24.3 Å². The summed E-state index contributed by atoms with van der Waals surface area (Å²) in [5, 5.41) is 2.84. The predicted molar refractivity (Wildman–Crippen MR) is 148 cm³/mol. The minimum Gasteiger partial charge on any atom is -0.481 e. The third kappa shape index (κ3) is 6.12. The van der Waals surface area contributed by atoms with Crippen LogP contribution >= 0.6 is 0 Å². The SMILES string of the molecule is Cc1cccc(CN2CCc3ccc(O[C@@H](C)C(=O)NCc4cccc(F)c4)cc3[C@H]2c2ccccc2)c1. The van der Waals surface area contributed by atoms with Gasteiger partial charge in [0.05, 0.1) is 6.04 Å². The predicted octanol–water partition coefficient (Wildman–Crippen LogP) is 6.37. The molecule has 0 unspecified atom stereocenters. The van der Waals surface area contributed by atoms with E-state index < -0.39 is 6.10 Å². The van der Waals surface area contributed by atoms with Crippen LogP contribution in [0, 0.1) is 12.7 Å². The minimum atomic E-state index is -0.691. The Kier molecular flexibility index (Phi) is 7.85. The van der Waals surface area contributed by atoms with Crippen LogP contribution in [0.5, 0.6) is 5.75 Å². The van der Waals surface area contributed by atoms with Crippen molar-refractivity contribution in [3.05, 3.63) is 136 Å². The highest BCUT2D eigenvalue weighted by molar-refractivity contribution is 5.80. The second-order valence-electron chi connectivity index (χ2n) is 9.99. The fourth-order valence-corrected chi connectivity index (χ4v) is 5.20. The Bertz CT molecular complexity index is 1410. The fraction of sp³-hybridized carbons (Fsp3) is 0.242. The average Bonchev–Trinajstić information content (AvgIpc) is 2.92. The van der Waals surface area contributed by atoms with Crippen LogP contribution in [0.4, 0.5) is 4.39 Å². The van der Waals surface area contributed by atoms with Gasteiger partial charge in [0.2, 0.25) is 0 Å². The summed E-state index contributed by atoms with van der Waals surface area (Å²) in [7, 11) is 0. The largest absolute Gasteiger partial charge is 0.481 e. The van der Waals surface area contributed by atoms with Gasteiger partial charge in [0, 0.05) is 19.6 Å². The molecule has 0 spiro atoms. The van der Waals surface area contributed by atoms with Gasteiger partial charge in [-0.3, -0.25) is 9.69 Å². The maximum Gasteiger partial charge on any atom is 0.261 e. The Morgan fingerprint density at radius 1 is 0.974 bits per heavy atom. The zero-order chi connectivity index (χ0) is 26.5. The first-order valence-electron chi connectivity index (χ1n) is 13.1. The molecule has 0 saturated heterocycles. The van der Waals surface area contributed by atoms with Gasteiger partial charge in [-0.05, 0) is 72.4 Å². The maximum absolute atomic E-state index is 13.5. The summed E-state index contributed by atoms with van der Waals surface area (Å²) in [6.07, 6.45) is 0.262. The molecule has 4 nitrogen and oxygen atoms in total. The summed E-state index contributed by atoms with van der Waals surface area (Å²) in [6.45, 7) is 5.92. The van der Waals surface area contributed by atoms with Gasteiger partial charge in [-0.1, -0.05) is 78.4 Å². The molecule has 194 valence electrons. The van der Waals surface area contributed by atoms with E-state index in [-0.39, 0.29) is 24.3 Å². The molecule has 0 radical (unpaired) electrons. The van der Waals surface area contributed by atoms with Crippen molar-refractivity contribution >= 4 is 5.91 Å². The molecule has 1 N–H and O–H groups in total. The van der Waals surface area contributed by atoms with Gasteiger partial charge < -0.3 is 10.1 Å². The monoisotopic (exact) mass is 508 g/mol. The van der Waals surface area contributed by atoms with E-state index in [0.29, 0.717) is 11.3 Å². The number of halogens is 1. The molecule has 0 fully saturated rings. The highest BCUT2D eigenvalue weighted by atomic mass is 19.1. The number of hydrogen-bond acceptors (Lipinski definition) is 3. The summed E-state index contributed by atoms with van der Waals surface area (Å²) in [4.78, 5) is 15.2. The van der Waals surface area contributed by atoms with E-state index in [0.717, 1.165) is 19.5 Å². The smallest absolute Gasteiger partial charge is 0.261 e. The molecular formula is C33H33FN2O2. The molecule has 1 aliphatic heterocycles. The molecule has 1 heterocycles. The van der Waals surface area contributed by atoms with Gasteiger partial charge in [0.15, 0.2) is 6.10 Å². The normalized spacial score (nSPS) is 15.9. The fourth-order valence-electron chi connectivity index (χ4n) is 5.20. The third-order valence-electron chi connectivity index (χ3n) is 7.07. The molecule has 1 amide bonds. The highest BCUT2D eigenvalue weighted by Crippen LogP contribution is 2.38. The zero-order valence-corrected chi connectivity index (χ0v) is 21.9. The number of amides is 1. The number of ether oxygens (including phenoxy) is 1. The topological polar surface area (TPSA) is 41.6 Å². The van der Waals surface area contributed by atoms with E-state index in [1.165, 1.54) is 39.9 Å².